The summed E-state index contributed by atoms with van der Waals surface area (Å²) in [5.41, 5.74) is 1.20. The van der Waals surface area contributed by atoms with E-state index >= 15 is 0 Å². The Hall–Kier alpha value is -1.28. The molecule has 132 valence electrons. The van der Waals surface area contributed by atoms with Crippen LogP contribution in [0.15, 0.2) is 41.4 Å². The van der Waals surface area contributed by atoms with E-state index in [9.17, 15) is 0 Å². The fraction of sp³-hybridized carbons (Fsp3) is 0.389. The summed E-state index contributed by atoms with van der Waals surface area (Å²) in [6.07, 6.45) is 0. The van der Waals surface area contributed by atoms with Crippen LogP contribution in [0, 0.1) is 6.92 Å². The number of para-hydroxylation sites is 1. The average molecular weight is 459 g/mol. The fourth-order valence-corrected chi connectivity index (χ4v) is 3.23. The molecule has 24 heavy (non-hydrogen) atoms. The van der Waals surface area contributed by atoms with Gasteiger partial charge in [-0.15, -0.1) is 35.3 Å². The molecule has 0 spiro atoms. The summed E-state index contributed by atoms with van der Waals surface area (Å²) < 4.78 is 5.43. The van der Waals surface area contributed by atoms with Crippen LogP contribution >= 0.6 is 35.3 Å². The van der Waals surface area contributed by atoms with Crippen LogP contribution < -0.4 is 15.4 Å². The highest BCUT2D eigenvalue weighted by molar-refractivity contribution is 14.0. The Balaban J connectivity index is 0.00000288. The smallest absolute Gasteiger partial charge is 0.191 e. The number of aryl methyl sites for hydroxylation is 1. The Kier molecular flexibility index (Phi) is 9.13. The first kappa shape index (κ1) is 20.8. The van der Waals surface area contributed by atoms with Gasteiger partial charge >= 0.3 is 0 Å². The van der Waals surface area contributed by atoms with Crippen LogP contribution in [0.1, 0.15) is 28.2 Å². The Labute approximate surface area is 165 Å². The molecule has 0 aliphatic rings. The molecule has 2 aromatic rings. The maximum Gasteiger partial charge on any atom is 0.191 e. The molecule has 1 aromatic heterocycles. The first-order valence-corrected chi connectivity index (χ1v) is 8.58. The number of aliphatic imine (C=N–C) groups is 1. The minimum absolute atomic E-state index is 0. The van der Waals surface area contributed by atoms with Crippen molar-refractivity contribution in [3.05, 3.63) is 51.7 Å². The summed E-state index contributed by atoms with van der Waals surface area (Å²) >= 11 is 1.80. The molecular weight excluding hydrogens is 433 g/mol. The van der Waals surface area contributed by atoms with Crippen molar-refractivity contribution >= 4 is 41.3 Å². The van der Waals surface area contributed by atoms with Crippen LogP contribution in [-0.4, -0.2) is 26.7 Å². The summed E-state index contributed by atoms with van der Waals surface area (Å²) in [5.74, 6) is 2.07. The zero-order valence-corrected chi connectivity index (χ0v) is 17.8. The van der Waals surface area contributed by atoms with E-state index in [0.717, 1.165) is 24.8 Å². The molecule has 1 aromatic carbocycles. The predicted molar refractivity (Wildman–Crippen MR) is 114 cm³/mol. The summed E-state index contributed by atoms with van der Waals surface area (Å²) in [4.78, 5) is 6.92. The van der Waals surface area contributed by atoms with Gasteiger partial charge in [0.2, 0.25) is 0 Å². The van der Waals surface area contributed by atoms with Gasteiger partial charge < -0.3 is 15.4 Å². The van der Waals surface area contributed by atoms with Crippen LogP contribution in [0.3, 0.4) is 0 Å². The van der Waals surface area contributed by atoms with Crippen molar-refractivity contribution in [1.82, 2.24) is 10.6 Å². The van der Waals surface area contributed by atoms with E-state index in [2.05, 4.69) is 47.7 Å². The topological polar surface area (TPSA) is 45.7 Å². The SMILES string of the molecule is CN=C(NCc1ccc(C)s1)NCC(C)c1ccccc1OC.I. The van der Waals surface area contributed by atoms with Gasteiger partial charge in [0.15, 0.2) is 5.96 Å². The van der Waals surface area contributed by atoms with E-state index in [0.29, 0.717) is 5.92 Å². The first-order valence-electron chi connectivity index (χ1n) is 7.76. The number of hydrogen-bond donors (Lipinski definition) is 2. The molecule has 0 amide bonds. The number of methoxy groups -OCH3 is 1. The third-order valence-electron chi connectivity index (χ3n) is 3.70. The highest BCUT2D eigenvalue weighted by Gasteiger charge is 2.11. The van der Waals surface area contributed by atoms with E-state index < -0.39 is 0 Å². The quantitative estimate of drug-likeness (QED) is 0.388. The van der Waals surface area contributed by atoms with Crippen LogP contribution in [0.25, 0.3) is 0 Å². The normalized spacial score (nSPS) is 12.2. The van der Waals surface area contributed by atoms with Gasteiger partial charge in [-0.25, -0.2) is 0 Å². The molecule has 0 radical (unpaired) electrons. The minimum atomic E-state index is 0. The lowest BCUT2D eigenvalue weighted by atomic mass is 10.0. The molecule has 6 heteroatoms. The van der Waals surface area contributed by atoms with E-state index in [-0.39, 0.29) is 24.0 Å². The van der Waals surface area contributed by atoms with Gasteiger partial charge in [0.25, 0.3) is 0 Å². The fourth-order valence-electron chi connectivity index (χ4n) is 2.40. The lowest BCUT2D eigenvalue weighted by molar-refractivity contribution is 0.406. The molecule has 4 nitrogen and oxygen atoms in total. The van der Waals surface area contributed by atoms with Gasteiger partial charge in [-0.05, 0) is 30.7 Å². The number of benzene rings is 1. The zero-order valence-electron chi connectivity index (χ0n) is 14.6. The van der Waals surface area contributed by atoms with Gasteiger partial charge in [0, 0.05) is 29.3 Å². The zero-order chi connectivity index (χ0) is 16.7. The number of guanidine groups is 1. The minimum Gasteiger partial charge on any atom is -0.496 e. The maximum absolute atomic E-state index is 5.43. The average Bonchev–Trinajstić information content (AvgIpc) is 3.00. The van der Waals surface area contributed by atoms with Crippen molar-refractivity contribution in [2.45, 2.75) is 26.3 Å². The van der Waals surface area contributed by atoms with E-state index in [1.54, 1.807) is 25.5 Å². The summed E-state index contributed by atoms with van der Waals surface area (Å²) in [6, 6.07) is 12.4. The van der Waals surface area contributed by atoms with E-state index in [1.807, 2.05) is 18.2 Å². The van der Waals surface area contributed by atoms with E-state index in [1.165, 1.54) is 15.3 Å². The van der Waals surface area contributed by atoms with Gasteiger partial charge in [-0.2, -0.15) is 0 Å². The molecule has 2 N–H and O–H groups in total. The third-order valence-corrected chi connectivity index (χ3v) is 4.70. The molecule has 0 fully saturated rings. The number of ether oxygens (including phenoxy) is 1. The maximum atomic E-state index is 5.43. The predicted octanol–water partition coefficient (Wildman–Crippen LogP) is 4.15. The molecular formula is C18H26IN3OS. The van der Waals surface area contributed by atoms with Crippen LogP contribution in [0.5, 0.6) is 5.75 Å². The summed E-state index contributed by atoms with van der Waals surface area (Å²) in [7, 11) is 3.51. The van der Waals surface area contributed by atoms with Crippen molar-refractivity contribution in [3.63, 3.8) is 0 Å². The van der Waals surface area contributed by atoms with Gasteiger partial charge in [-0.1, -0.05) is 25.1 Å². The lowest BCUT2D eigenvalue weighted by Gasteiger charge is -2.18. The number of rotatable bonds is 6. The van der Waals surface area contributed by atoms with Crippen LogP contribution in [0.4, 0.5) is 0 Å². The number of hydrogen-bond acceptors (Lipinski definition) is 3. The molecule has 0 bridgehead atoms. The van der Waals surface area contributed by atoms with Gasteiger partial charge in [0.1, 0.15) is 5.75 Å². The number of halogens is 1. The summed E-state index contributed by atoms with van der Waals surface area (Å²) in [5, 5.41) is 6.74. The Morgan fingerprint density at radius 1 is 1.21 bits per heavy atom. The highest BCUT2D eigenvalue weighted by Crippen LogP contribution is 2.25. The molecule has 1 unspecified atom stereocenters. The lowest BCUT2D eigenvalue weighted by Crippen LogP contribution is -2.38. The highest BCUT2D eigenvalue weighted by atomic mass is 127. The van der Waals surface area contributed by atoms with Gasteiger partial charge in [-0.3, -0.25) is 4.99 Å². The van der Waals surface area contributed by atoms with E-state index in [4.69, 9.17) is 4.74 Å². The number of nitrogens with one attached hydrogen (secondary N) is 2. The van der Waals surface area contributed by atoms with Crippen molar-refractivity contribution < 1.29 is 4.74 Å². The van der Waals surface area contributed by atoms with Crippen molar-refractivity contribution in [2.24, 2.45) is 4.99 Å². The largest absolute Gasteiger partial charge is 0.496 e. The Morgan fingerprint density at radius 2 is 1.96 bits per heavy atom. The molecule has 0 saturated carbocycles. The monoisotopic (exact) mass is 459 g/mol. The molecule has 0 aliphatic carbocycles. The second kappa shape index (κ2) is 10.6. The van der Waals surface area contributed by atoms with Crippen molar-refractivity contribution in [3.8, 4) is 5.75 Å². The Morgan fingerprint density at radius 3 is 2.58 bits per heavy atom. The molecule has 1 atom stereocenters. The van der Waals surface area contributed by atoms with Crippen molar-refractivity contribution in [2.75, 3.05) is 20.7 Å². The van der Waals surface area contributed by atoms with Crippen LogP contribution in [0.2, 0.25) is 0 Å². The van der Waals surface area contributed by atoms with Crippen LogP contribution in [-0.2, 0) is 6.54 Å². The standard InChI is InChI=1S/C18H25N3OS.HI/c1-13(16-7-5-6-8-17(16)22-4)11-20-18(19-3)21-12-15-10-9-14(2)23-15;/h5-10,13H,11-12H2,1-4H3,(H2,19,20,21);1H. The molecule has 1 heterocycles. The number of nitrogens with zero attached hydrogens (tertiary/aromatic N) is 1. The summed E-state index contributed by atoms with van der Waals surface area (Å²) in [6.45, 7) is 5.89. The number of thiophene rings is 1. The Bertz CT molecular complexity index is 657. The molecule has 0 saturated heterocycles. The van der Waals surface area contributed by atoms with Gasteiger partial charge in [0.05, 0.1) is 13.7 Å². The second-order valence-corrected chi connectivity index (χ2v) is 6.83. The first-order chi connectivity index (χ1) is 11.1. The second-order valence-electron chi connectivity index (χ2n) is 5.46. The third kappa shape index (κ3) is 5.98. The van der Waals surface area contributed by atoms with Crippen molar-refractivity contribution in [1.29, 1.82) is 0 Å². The molecule has 2 rings (SSSR count). The molecule has 0 aliphatic heterocycles.